The summed E-state index contributed by atoms with van der Waals surface area (Å²) in [5, 5.41) is 12.7. The molecule has 0 radical (unpaired) electrons. The highest BCUT2D eigenvalue weighted by Crippen LogP contribution is 2.56. The molecule has 0 amide bonds. The molecule has 1 spiro atoms. The molecule has 2 aliphatic carbocycles. The van der Waals surface area contributed by atoms with Crippen LogP contribution in [0.2, 0.25) is 0 Å². The third-order valence-electron chi connectivity index (χ3n) is 7.37. The number of hydrogen-bond acceptors (Lipinski definition) is 5. The molecule has 5 nitrogen and oxygen atoms in total. The third-order valence-corrected chi connectivity index (χ3v) is 7.37. The van der Waals surface area contributed by atoms with Crippen LogP contribution in [-0.4, -0.2) is 28.4 Å². The Balaban J connectivity index is 1.29. The van der Waals surface area contributed by atoms with Crippen molar-refractivity contribution in [2.45, 2.75) is 51.1 Å². The van der Waals surface area contributed by atoms with E-state index in [0.717, 1.165) is 79.7 Å². The maximum atomic E-state index is 13.7. The van der Waals surface area contributed by atoms with Crippen LogP contribution in [0.15, 0.2) is 47.0 Å². The summed E-state index contributed by atoms with van der Waals surface area (Å²) >= 11 is 0. The van der Waals surface area contributed by atoms with Gasteiger partial charge in [0.2, 0.25) is 0 Å². The molecule has 1 saturated heterocycles. The smallest absolute Gasteiger partial charge is 0.360 e. The average Bonchev–Trinajstić information content (AvgIpc) is 3.56. The van der Waals surface area contributed by atoms with Gasteiger partial charge in [0.1, 0.15) is 11.5 Å². The number of anilines is 1. The van der Waals surface area contributed by atoms with Crippen LogP contribution < -0.4 is 4.90 Å². The van der Waals surface area contributed by atoms with E-state index in [0.29, 0.717) is 5.69 Å². The van der Waals surface area contributed by atoms with E-state index in [4.69, 9.17) is 4.52 Å². The van der Waals surface area contributed by atoms with Crippen molar-refractivity contribution in [1.29, 1.82) is 0 Å². The first-order chi connectivity index (χ1) is 16.3. The molecule has 0 unspecified atom stereocenters. The number of alkyl halides is 3. The first-order valence-corrected chi connectivity index (χ1v) is 11.8. The maximum absolute atomic E-state index is 13.7. The minimum Gasteiger partial charge on any atom is -0.360 e. The van der Waals surface area contributed by atoms with Crippen LogP contribution in [0.1, 0.15) is 60.6 Å². The molecule has 176 valence electrons. The van der Waals surface area contributed by atoms with E-state index in [1.54, 1.807) is 6.07 Å². The van der Waals surface area contributed by atoms with E-state index < -0.39 is 11.7 Å². The summed E-state index contributed by atoms with van der Waals surface area (Å²) in [5.74, 6) is 1.90. The van der Waals surface area contributed by atoms with E-state index in [1.807, 2.05) is 19.1 Å². The number of piperidine rings is 1. The number of benzene rings is 1. The van der Waals surface area contributed by atoms with Crippen LogP contribution in [0.5, 0.6) is 0 Å². The topological polar surface area (TPSA) is 55.1 Å². The van der Waals surface area contributed by atoms with Gasteiger partial charge in [-0.25, -0.2) is 0 Å². The van der Waals surface area contributed by atoms with E-state index in [9.17, 15) is 13.2 Å². The zero-order valence-electron chi connectivity index (χ0n) is 18.9. The lowest BCUT2D eigenvalue weighted by Crippen LogP contribution is -2.42. The van der Waals surface area contributed by atoms with Crippen molar-refractivity contribution in [1.82, 2.24) is 15.4 Å². The molecule has 2 aromatic heterocycles. The Bertz CT molecular complexity index is 1250. The summed E-state index contributed by atoms with van der Waals surface area (Å²) in [5.41, 5.74) is 2.57. The first-order valence-electron chi connectivity index (χ1n) is 11.8. The molecule has 1 aliphatic heterocycles. The Morgan fingerprint density at radius 1 is 1.03 bits per heavy atom. The minimum atomic E-state index is -4.45. The number of hydrogen-bond donors (Lipinski definition) is 0. The van der Waals surface area contributed by atoms with E-state index in [2.05, 4.69) is 26.3 Å². The zero-order valence-corrected chi connectivity index (χ0v) is 18.9. The van der Waals surface area contributed by atoms with Gasteiger partial charge in [-0.1, -0.05) is 29.4 Å². The summed E-state index contributed by atoms with van der Waals surface area (Å²) < 4.78 is 46.9. The number of allylic oxidation sites excluding steroid dienone is 2. The largest absolute Gasteiger partial charge is 0.417 e. The Labute approximate surface area is 195 Å². The molecule has 34 heavy (non-hydrogen) atoms. The van der Waals surface area contributed by atoms with E-state index in [1.165, 1.54) is 12.1 Å². The van der Waals surface area contributed by atoms with E-state index >= 15 is 0 Å². The summed E-state index contributed by atoms with van der Waals surface area (Å²) in [6, 6.07) is 9.63. The van der Waals surface area contributed by atoms with Gasteiger partial charge in [0.15, 0.2) is 5.82 Å². The molecule has 3 heterocycles. The van der Waals surface area contributed by atoms with Gasteiger partial charge in [-0.15, -0.1) is 5.10 Å². The second kappa shape index (κ2) is 7.68. The lowest BCUT2D eigenvalue weighted by Gasteiger charge is -2.46. The summed E-state index contributed by atoms with van der Waals surface area (Å²) in [6.45, 7) is 3.68. The Kier molecular flexibility index (Phi) is 4.83. The fourth-order valence-corrected chi connectivity index (χ4v) is 5.30. The quantitative estimate of drug-likeness (QED) is 0.445. The van der Waals surface area contributed by atoms with E-state index in [-0.39, 0.29) is 16.9 Å². The van der Waals surface area contributed by atoms with Gasteiger partial charge in [-0.3, -0.25) is 0 Å². The highest BCUT2D eigenvalue weighted by atomic mass is 19.4. The minimum absolute atomic E-state index is 0.0723. The fraction of sp³-hybridized carbons (Fsp3) is 0.423. The van der Waals surface area contributed by atoms with Gasteiger partial charge >= 0.3 is 6.18 Å². The molecule has 1 aromatic carbocycles. The van der Waals surface area contributed by atoms with Gasteiger partial charge in [0.25, 0.3) is 0 Å². The van der Waals surface area contributed by atoms with Crippen LogP contribution in [0.25, 0.3) is 16.8 Å². The predicted molar refractivity (Wildman–Crippen MR) is 122 cm³/mol. The second-order valence-corrected chi connectivity index (χ2v) is 9.82. The van der Waals surface area contributed by atoms with Crippen LogP contribution in [0.4, 0.5) is 19.0 Å². The van der Waals surface area contributed by atoms with Crippen molar-refractivity contribution in [3.05, 3.63) is 65.1 Å². The van der Waals surface area contributed by atoms with Crippen LogP contribution >= 0.6 is 0 Å². The molecule has 1 saturated carbocycles. The van der Waals surface area contributed by atoms with Crippen molar-refractivity contribution >= 4 is 11.4 Å². The Morgan fingerprint density at radius 2 is 1.76 bits per heavy atom. The molecule has 2 fully saturated rings. The highest BCUT2D eigenvalue weighted by molar-refractivity contribution is 5.85. The first kappa shape index (κ1) is 21.4. The van der Waals surface area contributed by atoms with Gasteiger partial charge in [0, 0.05) is 30.1 Å². The summed E-state index contributed by atoms with van der Waals surface area (Å²) in [6.07, 6.45) is 2.59. The lowest BCUT2D eigenvalue weighted by molar-refractivity contribution is -0.137. The molecule has 0 bridgehead atoms. The van der Waals surface area contributed by atoms with Crippen molar-refractivity contribution in [3.8, 4) is 11.3 Å². The van der Waals surface area contributed by atoms with Crippen molar-refractivity contribution in [2.75, 3.05) is 18.0 Å². The van der Waals surface area contributed by atoms with Crippen molar-refractivity contribution in [3.63, 3.8) is 0 Å². The molecule has 6 rings (SSSR count). The Hall–Kier alpha value is -3.16. The van der Waals surface area contributed by atoms with Crippen LogP contribution in [0, 0.1) is 12.3 Å². The molecular formula is C26H25F3N4O. The fourth-order valence-electron chi connectivity index (χ4n) is 5.30. The molecule has 8 heteroatoms. The second-order valence-electron chi connectivity index (χ2n) is 9.82. The molecule has 0 N–H and O–H groups in total. The lowest BCUT2D eigenvalue weighted by atomic mass is 9.63. The van der Waals surface area contributed by atoms with Crippen LogP contribution in [-0.2, 0) is 6.18 Å². The number of aryl methyl sites for hydroxylation is 1. The van der Waals surface area contributed by atoms with Gasteiger partial charge in [-0.05, 0) is 68.2 Å². The average molecular weight is 467 g/mol. The summed E-state index contributed by atoms with van der Waals surface area (Å²) in [4.78, 5) is 2.25. The van der Waals surface area contributed by atoms with Gasteiger partial charge < -0.3 is 9.42 Å². The number of nitrogens with zero attached hydrogens (tertiary/aromatic N) is 4. The molecule has 3 aliphatic rings. The highest BCUT2D eigenvalue weighted by Gasteiger charge is 2.45. The SMILES string of the molecule is Cc1ccc(N2CCC3(C=C(c4c(-c5ccccc5C(F)(F)F)noc4C4CC4)C3)CC2)nn1. The van der Waals surface area contributed by atoms with Gasteiger partial charge in [-0.2, -0.15) is 18.3 Å². The standard InChI is InChI=1S/C26H25F3N4O/c1-16-6-9-21(31-30-16)33-12-10-25(11-13-33)14-18(15-25)22-23(32-34-24(22)17-7-8-17)19-4-2-3-5-20(19)26(27,28)29/h2-6,9,14,17H,7-8,10-13,15H2,1H3. The molecular weight excluding hydrogens is 441 g/mol. The van der Waals surface area contributed by atoms with Gasteiger partial charge in [0.05, 0.1) is 11.3 Å². The number of halogens is 3. The maximum Gasteiger partial charge on any atom is 0.417 e. The monoisotopic (exact) mass is 466 g/mol. The van der Waals surface area contributed by atoms with Crippen molar-refractivity contribution < 1.29 is 17.7 Å². The predicted octanol–water partition coefficient (Wildman–Crippen LogP) is 6.41. The van der Waals surface area contributed by atoms with Crippen molar-refractivity contribution in [2.24, 2.45) is 5.41 Å². The molecule has 3 aromatic rings. The summed E-state index contributed by atoms with van der Waals surface area (Å²) in [7, 11) is 0. The molecule has 0 atom stereocenters. The number of aromatic nitrogens is 3. The normalized spacial score (nSPS) is 19.8. The van der Waals surface area contributed by atoms with Crippen LogP contribution in [0.3, 0.4) is 0 Å². The zero-order chi connectivity index (χ0) is 23.5. The third kappa shape index (κ3) is 3.69. The number of rotatable bonds is 4. The Morgan fingerprint density at radius 3 is 2.41 bits per heavy atom.